The maximum absolute atomic E-state index is 13.0. The molecule has 0 atom stereocenters. The summed E-state index contributed by atoms with van der Waals surface area (Å²) in [4.78, 5) is 11.7. The SMILES string of the molecule is O=C(Nc1cc(F)c(F)c(F)c1)c1ccccc1O. The molecule has 0 unspecified atom stereocenters. The molecular formula is C13H8F3NO2. The molecule has 0 heterocycles. The molecule has 0 fully saturated rings. The number of carbonyl (C=O) groups excluding carboxylic acids is 1. The van der Waals surface area contributed by atoms with E-state index in [0.29, 0.717) is 12.1 Å². The second-order valence-electron chi connectivity index (χ2n) is 3.73. The molecule has 0 bridgehead atoms. The highest BCUT2D eigenvalue weighted by molar-refractivity contribution is 6.06. The first kappa shape index (κ1) is 12.9. The van der Waals surface area contributed by atoms with Crippen LogP contribution in [0.5, 0.6) is 5.75 Å². The highest BCUT2D eigenvalue weighted by Crippen LogP contribution is 2.20. The Morgan fingerprint density at radius 3 is 2.21 bits per heavy atom. The van der Waals surface area contributed by atoms with E-state index in [1.807, 2.05) is 0 Å². The first-order valence-corrected chi connectivity index (χ1v) is 5.23. The summed E-state index contributed by atoms with van der Waals surface area (Å²) < 4.78 is 38.6. The van der Waals surface area contributed by atoms with E-state index in [2.05, 4.69) is 5.32 Å². The van der Waals surface area contributed by atoms with Gasteiger partial charge in [0.15, 0.2) is 17.5 Å². The fourth-order valence-corrected chi connectivity index (χ4v) is 1.49. The lowest BCUT2D eigenvalue weighted by atomic mass is 10.2. The number of benzene rings is 2. The number of anilines is 1. The molecule has 1 amide bonds. The summed E-state index contributed by atoms with van der Waals surface area (Å²) in [6.45, 7) is 0. The van der Waals surface area contributed by atoms with Crippen LogP contribution in [0.15, 0.2) is 36.4 Å². The van der Waals surface area contributed by atoms with E-state index in [9.17, 15) is 23.1 Å². The van der Waals surface area contributed by atoms with Crippen molar-refractivity contribution in [3.63, 3.8) is 0 Å². The van der Waals surface area contributed by atoms with E-state index < -0.39 is 23.4 Å². The van der Waals surface area contributed by atoms with Crippen molar-refractivity contribution in [2.24, 2.45) is 0 Å². The number of aromatic hydroxyl groups is 1. The summed E-state index contributed by atoms with van der Waals surface area (Å²) in [6.07, 6.45) is 0. The van der Waals surface area contributed by atoms with Crippen molar-refractivity contribution in [1.82, 2.24) is 0 Å². The van der Waals surface area contributed by atoms with Crippen molar-refractivity contribution in [2.45, 2.75) is 0 Å². The Balaban J connectivity index is 2.27. The number of hydrogen-bond donors (Lipinski definition) is 2. The summed E-state index contributed by atoms with van der Waals surface area (Å²) in [5, 5.41) is 11.6. The van der Waals surface area contributed by atoms with Gasteiger partial charge in [0.05, 0.1) is 5.56 Å². The van der Waals surface area contributed by atoms with E-state index in [1.54, 1.807) is 0 Å². The quantitative estimate of drug-likeness (QED) is 0.821. The molecule has 0 aliphatic carbocycles. The normalized spacial score (nSPS) is 10.3. The highest BCUT2D eigenvalue weighted by Gasteiger charge is 2.14. The zero-order valence-corrected chi connectivity index (χ0v) is 9.45. The monoisotopic (exact) mass is 267 g/mol. The van der Waals surface area contributed by atoms with Gasteiger partial charge in [0, 0.05) is 17.8 Å². The molecule has 0 radical (unpaired) electrons. The predicted molar refractivity (Wildman–Crippen MR) is 62.4 cm³/mol. The Hall–Kier alpha value is -2.50. The van der Waals surface area contributed by atoms with Gasteiger partial charge in [0.1, 0.15) is 5.75 Å². The van der Waals surface area contributed by atoms with Crippen LogP contribution >= 0.6 is 0 Å². The van der Waals surface area contributed by atoms with Crippen LogP contribution in [0.2, 0.25) is 0 Å². The minimum atomic E-state index is -1.61. The number of rotatable bonds is 2. The first-order chi connectivity index (χ1) is 8.99. The third kappa shape index (κ3) is 2.67. The van der Waals surface area contributed by atoms with Crippen molar-refractivity contribution in [2.75, 3.05) is 5.32 Å². The fraction of sp³-hybridized carbons (Fsp3) is 0. The van der Waals surface area contributed by atoms with Crippen LogP contribution in [-0.4, -0.2) is 11.0 Å². The van der Waals surface area contributed by atoms with E-state index in [-0.39, 0.29) is 17.0 Å². The molecule has 19 heavy (non-hydrogen) atoms. The topological polar surface area (TPSA) is 49.3 Å². The molecule has 3 nitrogen and oxygen atoms in total. The molecule has 6 heteroatoms. The predicted octanol–water partition coefficient (Wildman–Crippen LogP) is 3.06. The van der Waals surface area contributed by atoms with E-state index in [0.717, 1.165) is 0 Å². The number of hydrogen-bond acceptors (Lipinski definition) is 2. The van der Waals surface area contributed by atoms with Crippen molar-refractivity contribution in [3.05, 3.63) is 59.4 Å². The molecule has 0 saturated heterocycles. The molecule has 2 N–H and O–H groups in total. The molecule has 98 valence electrons. The number of amides is 1. The van der Waals surface area contributed by atoms with Gasteiger partial charge in [-0.1, -0.05) is 12.1 Å². The number of para-hydroxylation sites is 1. The first-order valence-electron chi connectivity index (χ1n) is 5.23. The summed E-state index contributed by atoms with van der Waals surface area (Å²) in [5.74, 6) is -5.47. The largest absolute Gasteiger partial charge is 0.507 e. The lowest BCUT2D eigenvalue weighted by molar-refractivity contribution is 0.102. The number of phenolic OH excluding ortho intramolecular Hbond substituents is 1. The molecule has 0 saturated carbocycles. The molecule has 0 aromatic heterocycles. The average molecular weight is 267 g/mol. The number of phenols is 1. The number of carbonyl (C=O) groups is 1. The molecule has 2 rings (SSSR count). The minimum absolute atomic E-state index is 0.0624. The van der Waals surface area contributed by atoms with Crippen LogP contribution < -0.4 is 5.32 Å². The smallest absolute Gasteiger partial charge is 0.259 e. The molecule has 2 aromatic rings. The van der Waals surface area contributed by atoms with Crippen molar-refractivity contribution in [1.29, 1.82) is 0 Å². The maximum atomic E-state index is 13.0. The van der Waals surface area contributed by atoms with Gasteiger partial charge in [-0.05, 0) is 12.1 Å². The van der Waals surface area contributed by atoms with Crippen molar-refractivity contribution in [3.8, 4) is 5.75 Å². The van der Waals surface area contributed by atoms with E-state index >= 15 is 0 Å². The maximum Gasteiger partial charge on any atom is 0.259 e. The van der Waals surface area contributed by atoms with Gasteiger partial charge in [-0.25, -0.2) is 13.2 Å². The Morgan fingerprint density at radius 2 is 1.63 bits per heavy atom. The lowest BCUT2D eigenvalue weighted by Crippen LogP contribution is -2.12. The third-order valence-corrected chi connectivity index (χ3v) is 2.39. The van der Waals surface area contributed by atoms with Gasteiger partial charge >= 0.3 is 0 Å². The molecule has 0 aliphatic rings. The number of halogens is 3. The van der Waals surface area contributed by atoms with Gasteiger partial charge in [-0.3, -0.25) is 4.79 Å². The lowest BCUT2D eigenvalue weighted by Gasteiger charge is -2.07. The summed E-state index contributed by atoms with van der Waals surface area (Å²) >= 11 is 0. The van der Waals surface area contributed by atoms with Crippen LogP contribution in [-0.2, 0) is 0 Å². The Morgan fingerprint density at radius 1 is 1.05 bits per heavy atom. The van der Waals surface area contributed by atoms with Crippen LogP contribution in [0, 0.1) is 17.5 Å². The van der Waals surface area contributed by atoms with Gasteiger partial charge in [0.2, 0.25) is 0 Å². The van der Waals surface area contributed by atoms with Crippen LogP contribution in [0.1, 0.15) is 10.4 Å². The molecule has 2 aromatic carbocycles. The van der Waals surface area contributed by atoms with Crippen LogP contribution in [0.4, 0.5) is 18.9 Å². The second-order valence-corrected chi connectivity index (χ2v) is 3.73. The Kier molecular flexibility index (Phi) is 3.41. The Bertz CT molecular complexity index is 621. The Labute approximate surface area is 106 Å². The standard InChI is InChI=1S/C13H8F3NO2/c14-9-5-7(6-10(15)12(9)16)17-13(19)8-3-1-2-4-11(8)18/h1-6,18H,(H,17,19). The molecule has 0 aliphatic heterocycles. The van der Waals surface area contributed by atoms with E-state index in [1.165, 1.54) is 24.3 Å². The van der Waals surface area contributed by atoms with E-state index in [4.69, 9.17) is 0 Å². The highest BCUT2D eigenvalue weighted by atomic mass is 19.2. The summed E-state index contributed by atoms with van der Waals surface area (Å²) in [7, 11) is 0. The van der Waals surface area contributed by atoms with Gasteiger partial charge in [0.25, 0.3) is 5.91 Å². The molecular weight excluding hydrogens is 259 g/mol. The van der Waals surface area contributed by atoms with Crippen LogP contribution in [0.25, 0.3) is 0 Å². The van der Waals surface area contributed by atoms with Crippen molar-refractivity contribution < 1.29 is 23.1 Å². The van der Waals surface area contributed by atoms with Crippen molar-refractivity contribution >= 4 is 11.6 Å². The zero-order chi connectivity index (χ0) is 14.0. The summed E-state index contributed by atoms with van der Waals surface area (Å²) in [5.41, 5.74) is -0.308. The summed E-state index contributed by atoms with van der Waals surface area (Å²) in [6, 6.07) is 6.96. The fourth-order valence-electron chi connectivity index (χ4n) is 1.49. The minimum Gasteiger partial charge on any atom is -0.507 e. The number of nitrogens with one attached hydrogen (secondary N) is 1. The molecule has 0 spiro atoms. The van der Waals surface area contributed by atoms with Gasteiger partial charge in [-0.15, -0.1) is 0 Å². The van der Waals surface area contributed by atoms with Gasteiger partial charge in [-0.2, -0.15) is 0 Å². The third-order valence-electron chi connectivity index (χ3n) is 2.39. The van der Waals surface area contributed by atoms with Crippen LogP contribution in [0.3, 0.4) is 0 Å². The second kappa shape index (κ2) is 5.01. The average Bonchev–Trinajstić information content (AvgIpc) is 2.36. The zero-order valence-electron chi connectivity index (χ0n) is 9.45. The van der Waals surface area contributed by atoms with Gasteiger partial charge < -0.3 is 10.4 Å².